The summed E-state index contributed by atoms with van der Waals surface area (Å²) in [6, 6.07) is 17.7. The van der Waals surface area contributed by atoms with Gasteiger partial charge in [-0.3, -0.25) is 14.4 Å². The molecule has 0 saturated carbocycles. The van der Waals surface area contributed by atoms with E-state index in [0.29, 0.717) is 11.3 Å². The van der Waals surface area contributed by atoms with Crippen LogP contribution in [0.3, 0.4) is 0 Å². The van der Waals surface area contributed by atoms with Crippen LogP contribution in [0.5, 0.6) is 0 Å². The van der Waals surface area contributed by atoms with Crippen LogP contribution < -0.4 is 10.0 Å². The number of carbonyl (C=O) groups excluding carboxylic acids is 1. The molecule has 3 aromatic rings. The minimum Gasteiger partial charge on any atom is -0.349 e. The minimum absolute atomic E-state index is 0.126. The number of amides is 1. The maximum atomic E-state index is 12.6. The van der Waals surface area contributed by atoms with Crippen LogP contribution in [0.4, 0.5) is 5.69 Å². The highest BCUT2D eigenvalue weighted by molar-refractivity contribution is 7.94. The lowest BCUT2D eigenvalue weighted by Crippen LogP contribution is -2.44. The highest BCUT2D eigenvalue weighted by Gasteiger charge is 2.21. The average molecular weight is 490 g/mol. The molecule has 0 aliphatic carbocycles. The van der Waals surface area contributed by atoms with Gasteiger partial charge in [0.05, 0.1) is 0 Å². The fourth-order valence-corrected chi connectivity index (χ4v) is 5.84. The molecule has 1 fully saturated rings. The van der Waals surface area contributed by atoms with Crippen LogP contribution in [-0.4, -0.2) is 38.4 Å². The van der Waals surface area contributed by atoms with Crippen LogP contribution >= 0.6 is 22.9 Å². The molecule has 0 spiro atoms. The quantitative estimate of drug-likeness (QED) is 0.508. The van der Waals surface area contributed by atoms with E-state index in [4.69, 9.17) is 11.6 Å². The number of nitrogens with one attached hydrogen (secondary N) is 2. The molecule has 2 aromatic carbocycles. The first-order chi connectivity index (χ1) is 15.4. The number of carbonyl (C=O) groups is 1. The molecular weight excluding hydrogens is 466 g/mol. The highest BCUT2D eigenvalue weighted by Crippen LogP contribution is 2.21. The minimum atomic E-state index is -3.60. The van der Waals surface area contributed by atoms with Crippen LogP contribution in [0.15, 0.2) is 70.3 Å². The van der Waals surface area contributed by atoms with Gasteiger partial charge in [0.2, 0.25) is 0 Å². The van der Waals surface area contributed by atoms with Gasteiger partial charge < -0.3 is 5.32 Å². The van der Waals surface area contributed by atoms with Gasteiger partial charge in [0.1, 0.15) is 4.21 Å². The molecule has 9 heteroatoms. The molecule has 1 amide bonds. The standard InChI is InChI=1S/C23H24ClN3O3S2/c24-19-7-3-17(4-8-19)16-27-13-11-20(12-14-27)25-23(28)18-5-9-21(10-6-18)26-32(29,30)22-2-1-15-31-22/h1-10,15,20,26H,11-14,16H2,(H,25,28). The number of anilines is 1. The number of rotatable bonds is 7. The van der Waals surface area contributed by atoms with Crippen molar-refractivity contribution in [2.24, 2.45) is 0 Å². The van der Waals surface area contributed by atoms with Gasteiger partial charge in [0.25, 0.3) is 15.9 Å². The van der Waals surface area contributed by atoms with E-state index in [0.717, 1.165) is 48.8 Å². The summed E-state index contributed by atoms with van der Waals surface area (Å²) in [6.45, 7) is 2.70. The summed E-state index contributed by atoms with van der Waals surface area (Å²) < 4.78 is 27.4. The number of thiophene rings is 1. The third kappa shape index (κ3) is 5.89. The Morgan fingerprint density at radius 2 is 1.72 bits per heavy atom. The molecule has 32 heavy (non-hydrogen) atoms. The molecule has 2 N–H and O–H groups in total. The smallest absolute Gasteiger partial charge is 0.271 e. The zero-order chi connectivity index (χ0) is 22.6. The summed E-state index contributed by atoms with van der Waals surface area (Å²) in [5.74, 6) is -0.145. The summed E-state index contributed by atoms with van der Waals surface area (Å²) in [5, 5.41) is 5.55. The van der Waals surface area contributed by atoms with Crippen molar-refractivity contribution in [2.45, 2.75) is 29.6 Å². The molecule has 168 valence electrons. The second-order valence-corrected chi connectivity index (χ2v) is 11.1. The second kappa shape index (κ2) is 10.0. The normalized spacial score (nSPS) is 15.4. The Labute approximate surface area is 197 Å². The van der Waals surface area contributed by atoms with Crippen molar-refractivity contribution in [1.82, 2.24) is 10.2 Å². The largest absolute Gasteiger partial charge is 0.349 e. The van der Waals surface area contributed by atoms with E-state index in [1.807, 2.05) is 24.3 Å². The van der Waals surface area contributed by atoms with Crippen molar-refractivity contribution < 1.29 is 13.2 Å². The lowest BCUT2D eigenvalue weighted by molar-refractivity contribution is 0.0909. The van der Waals surface area contributed by atoms with Gasteiger partial charge in [0.15, 0.2) is 0 Å². The van der Waals surface area contributed by atoms with Crippen LogP contribution in [0, 0.1) is 0 Å². The van der Waals surface area contributed by atoms with Gasteiger partial charge in [-0.15, -0.1) is 11.3 Å². The maximum Gasteiger partial charge on any atom is 0.271 e. The van der Waals surface area contributed by atoms with E-state index in [9.17, 15) is 13.2 Å². The topological polar surface area (TPSA) is 78.5 Å². The van der Waals surface area contributed by atoms with E-state index in [-0.39, 0.29) is 16.2 Å². The Morgan fingerprint density at radius 3 is 2.34 bits per heavy atom. The van der Waals surface area contributed by atoms with Crippen LogP contribution in [0.2, 0.25) is 5.02 Å². The Bertz CT molecular complexity index is 1140. The Kier molecular flexibility index (Phi) is 7.15. The molecule has 6 nitrogen and oxygen atoms in total. The van der Waals surface area contributed by atoms with E-state index in [1.54, 1.807) is 41.8 Å². The van der Waals surface area contributed by atoms with Gasteiger partial charge in [-0.25, -0.2) is 8.42 Å². The number of benzene rings is 2. The Morgan fingerprint density at radius 1 is 1.03 bits per heavy atom. The van der Waals surface area contributed by atoms with Crippen molar-refractivity contribution in [3.8, 4) is 0 Å². The van der Waals surface area contributed by atoms with Crippen molar-refractivity contribution >= 4 is 44.6 Å². The SMILES string of the molecule is O=C(NC1CCN(Cc2ccc(Cl)cc2)CC1)c1ccc(NS(=O)(=O)c2cccs2)cc1. The van der Waals surface area contributed by atoms with E-state index >= 15 is 0 Å². The van der Waals surface area contributed by atoms with Crippen molar-refractivity contribution in [2.75, 3.05) is 17.8 Å². The third-order valence-corrected chi connectivity index (χ3v) is 8.43. The molecule has 2 heterocycles. The number of hydrogen-bond donors (Lipinski definition) is 2. The molecule has 0 unspecified atom stereocenters. The monoisotopic (exact) mass is 489 g/mol. The summed E-state index contributed by atoms with van der Waals surface area (Å²) in [5.41, 5.74) is 2.16. The molecule has 0 atom stereocenters. The maximum absolute atomic E-state index is 12.6. The zero-order valence-electron chi connectivity index (χ0n) is 17.3. The first-order valence-corrected chi connectivity index (χ1v) is 13.1. The van der Waals surface area contributed by atoms with Gasteiger partial charge in [-0.1, -0.05) is 29.8 Å². The van der Waals surface area contributed by atoms with Crippen LogP contribution in [-0.2, 0) is 16.6 Å². The van der Waals surface area contributed by atoms with Gasteiger partial charge in [-0.05, 0) is 66.2 Å². The summed E-state index contributed by atoms with van der Waals surface area (Å²) >= 11 is 7.10. The van der Waals surface area contributed by atoms with Gasteiger partial charge >= 0.3 is 0 Å². The number of piperidine rings is 1. The lowest BCUT2D eigenvalue weighted by atomic mass is 10.0. The fourth-order valence-electron chi connectivity index (χ4n) is 3.66. The van der Waals surface area contributed by atoms with E-state index in [2.05, 4.69) is 14.9 Å². The van der Waals surface area contributed by atoms with Gasteiger partial charge in [-0.2, -0.15) is 0 Å². The van der Waals surface area contributed by atoms with Crippen molar-refractivity contribution in [1.29, 1.82) is 0 Å². The fraction of sp³-hybridized carbons (Fsp3) is 0.261. The molecule has 1 aliphatic rings. The first-order valence-electron chi connectivity index (χ1n) is 10.3. The summed E-state index contributed by atoms with van der Waals surface area (Å²) in [4.78, 5) is 15.0. The highest BCUT2D eigenvalue weighted by atomic mass is 35.5. The second-order valence-electron chi connectivity index (χ2n) is 7.77. The number of nitrogens with zero attached hydrogens (tertiary/aromatic N) is 1. The lowest BCUT2D eigenvalue weighted by Gasteiger charge is -2.32. The van der Waals surface area contributed by atoms with Gasteiger partial charge in [0, 0.05) is 41.9 Å². The number of likely N-dealkylation sites (tertiary alicyclic amines) is 1. The molecule has 1 aromatic heterocycles. The van der Waals surface area contributed by atoms with Crippen LogP contribution in [0.25, 0.3) is 0 Å². The Balaban J connectivity index is 1.27. The zero-order valence-corrected chi connectivity index (χ0v) is 19.7. The average Bonchev–Trinajstić information content (AvgIpc) is 3.33. The molecule has 4 rings (SSSR count). The predicted octanol–water partition coefficient (Wildman–Crippen LogP) is 4.60. The molecule has 1 aliphatic heterocycles. The van der Waals surface area contributed by atoms with Crippen LogP contribution in [0.1, 0.15) is 28.8 Å². The number of hydrogen-bond acceptors (Lipinski definition) is 5. The summed E-state index contributed by atoms with van der Waals surface area (Å²) in [6.07, 6.45) is 1.77. The molecule has 0 radical (unpaired) electrons. The molecule has 0 bridgehead atoms. The Hall–Kier alpha value is -2.39. The first kappa shape index (κ1) is 22.8. The molecular formula is C23H24ClN3O3S2. The number of halogens is 1. The predicted molar refractivity (Wildman–Crippen MR) is 129 cm³/mol. The van der Waals surface area contributed by atoms with E-state index < -0.39 is 10.0 Å². The van der Waals surface area contributed by atoms with Crippen molar-refractivity contribution in [3.63, 3.8) is 0 Å². The third-order valence-electron chi connectivity index (χ3n) is 5.40. The van der Waals surface area contributed by atoms with Crippen molar-refractivity contribution in [3.05, 3.63) is 82.2 Å². The molecule has 1 saturated heterocycles. The van der Waals surface area contributed by atoms with E-state index in [1.165, 1.54) is 5.56 Å². The summed E-state index contributed by atoms with van der Waals surface area (Å²) in [7, 11) is -3.60. The number of sulfonamides is 1.